The van der Waals surface area contributed by atoms with Crippen molar-refractivity contribution in [2.45, 2.75) is 22.6 Å². The molecule has 1 aromatic heterocycles. The van der Waals surface area contributed by atoms with Gasteiger partial charge in [-0.25, -0.2) is 0 Å². The predicted octanol–water partition coefficient (Wildman–Crippen LogP) is 3.82. The zero-order valence-electron chi connectivity index (χ0n) is 17.4. The van der Waals surface area contributed by atoms with Crippen LogP contribution in [0.3, 0.4) is 0 Å². The van der Waals surface area contributed by atoms with Crippen LogP contribution in [0.4, 0.5) is 5.69 Å². The standard InChI is InChI=1S/C25H20N2O4S2/c28-13-8-4-5-11(9-13)16-17-14-10-15(20(17)32-22-21(16)33-25(31)26-22)19-18(14)23(29)27(24(19)30)12-6-2-1-3-7-12/h1-9,14-20,28H,10H2,(H,26,31)/t14-,15-,16-,17-,18+,19-,20-/m0/s1. The number of nitrogens with one attached hydrogen (secondary N) is 1. The van der Waals surface area contributed by atoms with Crippen LogP contribution in [0.2, 0.25) is 0 Å². The number of thioether (sulfide) groups is 1. The highest BCUT2D eigenvalue weighted by molar-refractivity contribution is 8.00. The summed E-state index contributed by atoms with van der Waals surface area (Å²) in [5, 5.41) is 11.2. The molecule has 2 aliphatic heterocycles. The smallest absolute Gasteiger partial charge is 0.305 e. The first-order chi connectivity index (χ1) is 16.0. The number of amides is 2. The molecule has 2 aliphatic carbocycles. The SMILES string of the molecule is O=C1[C@@H]2[C@H]3C[C@H]([C@@H]4Sc5[nH]c(=O)sc5[C@@H](c5cccc(O)c5)[C@H]34)[C@@H]2C(=O)N1c1ccccc1. The van der Waals surface area contributed by atoms with Crippen LogP contribution in [0.1, 0.15) is 22.8 Å². The molecule has 7 atom stereocenters. The number of carbonyl (C=O) groups excluding carboxylic acids is 2. The Morgan fingerprint density at radius 2 is 1.70 bits per heavy atom. The van der Waals surface area contributed by atoms with E-state index < -0.39 is 0 Å². The summed E-state index contributed by atoms with van der Waals surface area (Å²) in [6.07, 6.45) is 0.853. The van der Waals surface area contributed by atoms with Gasteiger partial charge in [-0.1, -0.05) is 41.7 Å². The Labute approximate surface area is 197 Å². The highest BCUT2D eigenvalue weighted by Gasteiger charge is 2.69. The van der Waals surface area contributed by atoms with Crippen molar-refractivity contribution in [3.8, 4) is 5.75 Å². The summed E-state index contributed by atoms with van der Waals surface area (Å²) in [5.41, 5.74) is 1.60. The fraction of sp³-hybridized carbons (Fsp3) is 0.320. The minimum absolute atomic E-state index is 0.0698. The monoisotopic (exact) mass is 476 g/mol. The number of anilines is 1. The molecule has 0 unspecified atom stereocenters. The summed E-state index contributed by atoms with van der Waals surface area (Å²) in [7, 11) is 0. The Morgan fingerprint density at radius 3 is 2.45 bits per heavy atom. The molecule has 0 spiro atoms. The van der Waals surface area contributed by atoms with Crippen LogP contribution in [0.25, 0.3) is 0 Å². The average molecular weight is 477 g/mol. The number of carbonyl (C=O) groups is 2. The molecule has 8 heteroatoms. The summed E-state index contributed by atoms with van der Waals surface area (Å²) in [4.78, 5) is 44.7. The molecule has 0 radical (unpaired) electrons. The van der Waals surface area contributed by atoms with Crippen molar-refractivity contribution in [3.63, 3.8) is 0 Å². The topological polar surface area (TPSA) is 90.5 Å². The van der Waals surface area contributed by atoms with Gasteiger partial charge >= 0.3 is 4.87 Å². The van der Waals surface area contributed by atoms with E-state index in [4.69, 9.17) is 0 Å². The quantitative estimate of drug-likeness (QED) is 0.549. The molecule has 2 saturated carbocycles. The van der Waals surface area contributed by atoms with Gasteiger partial charge in [0.2, 0.25) is 11.8 Å². The van der Waals surface area contributed by atoms with Crippen LogP contribution >= 0.6 is 23.1 Å². The number of rotatable bonds is 2. The molecule has 166 valence electrons. The fourth-order valence-corrected chi connectivity index (χ4v) is 9.83. The van der Waals surface area contributed by atoms with Crippen LogP contribution in [-0.4, -0.2) is 27.2 Å². The molecule has 2 amide bonds. The lowest BCUT2D eigenvalue weighted by atomic mass is 9.68. The number of nitrogens with zero attached hydrogens (tertiary/aromatic N) is 1. The normalized spacial score (nSPS) is 33.8. The molecule has 6 nitrogen and oxygen atoms in total. The summed E-state index contributed by atoms with van der Waals surface area (Å²) >= 11 is 2.90. The van der Waals surface area contributed by atoms with Gasteiger partial charge in [-0.15, -0.1) is 11.8 Å². The molecule has 2 aromatic carbocycles. The molecule has 1 saturated heterocycles. The number of hydrogen-bond donors (Lipinski definition) is 2. The minimum atomic E-state index is -0.318. The minimum Gasteiger partial charge on any atom is -0.508 e. The number of benzene rings is 2. The zero-order chi connectivity index (χ0) is 22.4. The Kier molecular flexibility index (Phi) is 4.06. The van der Waals surface area contributed by atoms with Crippen LogP contribution in [0, 0.1) is 29.6 Å². The lowest BCUT2D eigenvalue weighted by Gasteiger charge is -2.43. The highest BCUT2D eigenvalue weighted by atomic mass is 32.2. The number of fused-ring (bicyclic) bond motifs is 9. The Hall–Kier alpha value is -2.84. The van der Waals surface area contributed by atoms with Gasteiger partial charge in [-0.3, -0.25) is 19.3 Å². The van der Waals surface area contributed by atoms with Crippen LogP contribution in [0.15, 0.2) is 64.4 Å². The van der Waals surface area contributed by atoms with E-state index in [1.54, 1.807) is 23.9 Å². The predicted molar refractivity (Wildman–Crippen MR) is 126 cm³/mol. The second-order valence-corrected chi connectivity index (χ2v) is 11.6. The first-order valence-corrected chi connectivity index (χ1v) is 12.8. The Bertz CT molecular complexity index is 1370. The number of hydrogen-bond acceptors (Lipinski definition) is 6. The fourth-order valence-electron chi connectivity index (χ4n) is 6.94. The van der Waals surface area contributed by atoms with Gasteiger partial charge in [0, 0.05) is 16.0 Å². The van der Waals surface area contributed by atoms with E-state index in [0.717, 1.165) is 21.9 Å². The van der Waals surface area contributed by atoms with Crippen molar-refractivity contribution < 1.29 is 14.7 Å². The summed E-state index contributed by atoms with van der Waals surface area (Å²) in [6, 6.07) is 16.4. The zero-order valence-corrected chi connectivity index (χ0v) is 19.0. The number of para-hydroxylation sites is 1. The van der Waals surface area contributed by atoms with Crippen molar-refractivity contribution in [3.05, 3.63) is 74.7 Å². The number of phenolic OH excluding ortho intramolecular Hbond substituents is 1. The molecule has 3 fully saturated rings. The van der Waals surface area contributed by atoms with Crippen LogP contribution in [0.5, 0.6) is 5.75 Å². The maximum absolute atomic E-state index is 13.6. The summed E-state index contributed by atoms with van der Waals surface area (Å²) in [6.45, 7) is 0. The molecule has 33 heavy (non-hydrogen) atoms. The highest BCUT2D eigenvalue weighted by Crippen LogP contribution is 2.68. The number of thiazole rings is 1. The maximum atomic E-state index is 13.6. The molecule has 2 bridgehead atoms. The summed E-state index contributed by atoms with van der Waals surface area (Å²) in [5.74, 6) is -0.376. The van der Waals surface area contributed by atoms with Gasteiger partial charge in [-0.05, 0) is 54.0 Å². The van der Waals surface area contributed by atoms with E-state index in [9.17, 15) is 19.5 Å². The molecule has 7 rings (SSSR count). The largest absolute Gasteiger partial charge is 0.508 e. The maximum Gasteiger partial charge on any atom is 0.305 e. The first kappa shape index (κ1) is 19.6. The molecular formula is C25H20N2O4S2. The summed E-state index contributed by atoms with van der Waals surface area (Å²) < 4.78 is 0. The van der Waals surface area contributed by atoms with Crippen molar-refractivity contribution in [2.75, 3.05) is 4.90 Å². The molecule has 3 heterocycles. The van der Waals surface area contributed by atoms with E-state index in [1.807, 2.05) is 42.5 Å². The van der Waals surface area contributed by atoms with Crippen molar-refractivity contribution in [1.29, 1.82) is 0 Å². The van der Waals surface area contributed by atoms with Crippen molar-refractivity contribution in [1.82, 2.24) is 4.98 Å². The number of imide groups is 1. The number of aromatic nitrogens is 1. The van der Waals surface area contributed by atoms with E-state index in [2.05, 4.69) is 4.98 Å². The third-order valence-electron chi connectivity index (χ3n) is 7.97. The van der Waals surface area contributed by atoms with Gasteiger partial charge in [0.05, 0.1) is 22.5 Å². The van der Waals surface area contributed by atoms with E-state index in [-0.39, 0.29) is 63.2 Å². The van der Waals surface area contributed by atoms with Gasteiger partial charge in [0.25, 0.3) is 0 Å². The lowest BCUT2D eigenvalue weighted by Crippen LogP contribution is -2.42. The Morgan fingerprint density at radius 1 is 0.939 bits per heavy atom. The third-order valence-corrected chi connectivity index (χ3v) is 10.6. The third kappa shape index (κ3) is 2.59. The van der Waals surface area contributed by atoms with E-state index in [1.165, 1.54) is 16.2 Å². The number of aromatic amines is 1. The molecule has 3 aromatic rings. The van der Waals surface area contributed by atoms with Gasteiger partial charge < -0.3 is 10.1 Å². The number of H-pyrrole nitrogens is 1. The van der Waals surface area contributed by atoms with Crippen molar-refractivity contribution >= 4 is 40.6 Å². The molecule has 2 N–H and O–H groups in total. The van der Waals surface area contributed by atoms with Gasteiger partial charge in [0.1, 0.15) is 5.75 Å². The second-order valence-electron chi connectivity index (χ2n) is 9.40. The van der Waals surface area contributed by atoms with E-state index in [0.29, 0.717) is 5.69 Å². The lowest BCUT2D eigenvalue weighted by molar-refractivity contribution is -0.123. The van der Waals surface area contributed by atoms with Gasteiger partial charge in [-0.2, -0.15) is 0 Å². The van der Waals surface area contributed by atoms with Crippen LogP contribution in [-0.2, 0) is 9.59 Å². The molecular weight excluding hydrogens is 456 g/mol. The molecule has 4 aliphatic rings. The first-order valence-electron chi connectivity index (χ1n) is 11.1. The number of aromatic hydroxyl groups is 1. The number of phenols is 1. The van der Waals surface area contributed by atoms with Gasteiger partial charge in [0.15, 0.2) is 0 Å². The average Bonchev–Trinajstić information content (AvgIpc) is 3.53. The van der Waals surface area contributed by atoms with E-state index >= 15 is 0 Å². The van der Waals surface area contributed by atoms with Crippen LogP contribution < -0.4 is 9.77 Å². The van der Waals surface area contributed by atoms with Crippen molar-refractivity contribution in [2.24, 2.45) is 29.6 Å². The Balaban J connectivity index is 1.35. The second kappa shape index (κ2) is 6.84.